The zero-order valence-electron chi connectivity index (χ0n) is 12.9. The van der Waals surface area contributed by atoms with Gasteiger partial charge in [0.1, 0.15) is 5.75 Å². The summed E-state index contributed by atoms with van der Waals surface area (Å²) in [6, 6.07) is 6.42. The van der Waals surface area contributed by atoms with E-state index in [4.69, 9.17) is 4.74 Å². The van der Waals surface area contributed by atoms with Gasteiger partial charge in [-0.25, -0.2) is 4.79 Å². The fourth-order valence-electron chi connectivity index (χ4n) is 2.50. The smallest absolute Gasteiger partial charge is 0.325 e. The minimum absolute atomic E-state index is 0.270. The van der Waals surface area contributed by atoms with Crippen LogP contribution in [0.4, 0.5) is 10.5 Å². The SMILES string of the molecule is COc1ccc(NC(=O)NC(=O)CN2CCCCCC2)cc1. The number of ether oxygens (including phenoxy) is 1. The molecule has 6 heteroatoms. The second-order valence-electron chi connectivity index (χ2n) is 5.42. The Morgan fingerprint density at radius 3 is 2.32 bits per heavy atom. The van der Waals surface area contributed by atoms with E-state index in [9.17, 15) is 9.59 Å². The number of nitrogens with zero attached hydrogens (tertiary/aromatic N) is 1. The van der Waals surface area contributed by atoms with Crippen LogP contribution in [0.25, 0.3) is 0 Å². The number of urea groups is 1. The zero-order chi connectivity index (χ0) is 15.8. The summed E-state index contributed by atoms with van der Waals surface area (Å²) in [5, 5.41) is 4.99. The van der Waals surface area contributed by atoms with Gasteiger partial charge in [0.15, 0.2) is 0 Å². The molecule has 1 aliphatic heterocycles. The van der Waals surface area contributed by atoms with Gasteiger partial charge in [-0.15, -0.1) is 0 Å². The van der Waals surface area contributed by atoms with Crippen molar-refractivity contribution in [1.82, 2.24) is 10.2 Å². The molecule has 120 valence electrons. The molecule has 1 saturated heterocycles. The van der Waals surface area contributed by atoms with E-state index in [2.05, 4.69) is 15.5 Å². The number of imide groups is 1. The summed E-state index contributed by atoms with van der Waals surface area (Å²) in [4.78, 5) is 25.8. The van der Waals surface area contributed by atoms with Crippen molar-refractivity contribution in [3.8, 4) is 5.75 Å². The first-order valence-corrected chi connectivity index (χ1v) is 7.64. The van der Waals surface area contributed by atoms with Crippen LogP contribution in [0.3, 0.4) is 0 Å². The molecule has 22 heavy (non-hydrogen) atoms. The number of likely N-dealkylation sites (tertiary alicyclic amines) is 1. The fourth-order valence-corrected chi connectivity index (χ4v) is 2.50. The molecule has 0 aromatic heterocycles. The number of hydrogen-bond acceptors (Lipinski definition) is 4. The summed E-state index contributed by atoms with van der Waals surface area (Å²) in [5.74, 6) is 0.441. The predicted octanol–water partition coefficient (Wildman–Crippen LogP) is 2.22. The summed E-state index contributed by atoms with van der Waals surface area (Å²) < 4.78 is 5.05. The van der Waals surface area contributed by atoms with Crippen LogP contribution in [-0.2, 0) is 4.79 Å². The minimum atomic E-state index is -0.509. The first-order valence-electron chi connectivity index (χ1n) is 7.64. The van der Waals surface area contributed by atoms with E-state index in [1.807, 2.05) is 0 Å². The topological polar surface area (TPSA) is 70.7 Å². The highest BCUT2D eigenvalue weighted by Crippen LogP contribution is 2.14. The molecule has 1 aliphatic rings. The Hall–Kier alpha value is -2.08. The number of carbonyl (C=O) groups excluding carboxylic acids is 2. The fraction of sp³-hybridized carbons (Fsp3) is 0.500. The van der Waals surface area contributed by atoms with Crippen molar-refractivity contribution in [2.24, 2.45) is 0 Å². The Balaban J connectivity index is 1.76. The molecular formula is C16H23N3O3. The van der Waals surface area contributed by atoms with Gasteiger partial charge in [-0.2, -0.15) is 0 Å². The molecule has 1 heterocycles. The van der Waals surface area contributed by atoms with Crippen molar-refractivity contribution in [3.63, 3.8) is 0 Å². The number of amides is 3. The van der Waals surface area contributed by atoms with Crippen LogP contribution >= 0.6 is 0 Å². The van der Waals surface area contributed by atoms with Crippen LogP contribution in [0, 0.1) is 0 Å². The summed E-state index contributed by atoms with van der Waals surface area (Å²) in [6.07, 6.45) is 4.67. The minimum Gasteiger partial charge on any atom is -0.497 e. The molecule has 1 aromatic rings. The molecule has 2 N–H and O–H groups in total. The average Bonchev–Trinajstić information content (AvgIpc) is 2.76. The van der Waals surface area contributed by atoms with Crippen LogP contribution in [0.2, 0.25) is 0 Å². The summed E-state index contributed by atoms with van der Waals surface area (Å²) in [7, 11) is 1.58. The van der Waals surface area contributed by atoms with Gasteiger partial charge in [0.2, 0.25) is 5.91 Å². The van der Waals surface area contributed by atoms with Crippen LogP contribution in [0.1, 0.15) is 25.7 Å². The summed E-state index contributed by atoms with van der Waals surface area (Å²) in [5.41, 5.74) is 0.612. The van der Waals surface area contributed by atoms with Crippen LogP contribution in [0.15, 0.2) is 24.3 Å². The van der Waals surface area contributed by atoms with Gasteiger partial charge in [-0.1, -0.05) is 12.8 Å². The van der Waals surface area contributed by atoms with E-state index in [1.165, 1.54) is 12.8 Å². The largest absolute Gasteiger partial charge is 0.497 e. The van der Waals surface area contributed by atoms with Gasteiger partial charge in [0.25, 0.3) is 0 Å². The predicted molar refractivity (Wildman–Crippen MR) is 85.1 cm³/mol. The molecule has 0 spiro atoms. The maximum atomic E-state index is 11.9. The molecule has 0 radical (unpaired) electrons. The monoisotopic (exact) mass is 305 g/mol. The molecule has 3 amide bonds. The lowest BCUT2D eigenvalue weighted by atomic mass is 10.2. The van der Waals surface area contributed by atoms with Crippen molar-refractivity contribution < 1.29 is 14.3 Å². The highest BCUT2D eigenvalue weighted by molar-refractivity contribution is 6.01. The van der Waals surface area contributed by atoms with Gasteiger partial charge < -0.3 is 10.1 Å². The molecule has 0 saturated carbocycles. The molecule has 2 rings (SSSR count). The molecule has 0 bridgehead atoms. The average molecular weight is 305 g/mol. The van der Waals surface area contributed by atoms with Gasteiger partial charge >= 0.3 is 6.03 Å². The van der Waals surface area contributed by atoms with Crippen molar-refractivity contribution in [2.45, 2.75) is 25.7 Å². The number of rotatable bonds is 4. The van der Waals surface area contributed by atoms with Gasteiger partial charge in [-0.3, -0.25) is 15.0 Å². The van der Waals surface area contributed by atoms with Crippen molar-refractivity contribution in [1.29, 1.82) is 0 Å². The standard InChI is InChI=1S/C16H23N3O3/c1-22-14-8-6-13(7-9-14)17-16(21)18-15(20)12-19-10-4-2-3-5-11-19/h6-9H,2-5,10-12H2,1H3,(H2,17,18,20,21). The molecule has 6 nitrogen and oxygen atoms in total. The van der Waals surface area contributed by atoms with Crippen molar-refractivity contribution >= 4 is 17.6 Å². The zero-order valence-corrected chi connectivity index (χ0v) is 12.9. The van der Waals surface area contributed by atoms with Crippen molar-refractivity contribution in [2.75, 3.05) is 32.1 Å². The normalized spacial score (nSPS) is 15.7. The third-order valence-electron chi connectivity index (χ3n) is 3.67. The summed E-state index contributed by atoms with van der Waals surface area (Å²) >= 11 is 0. The lowest BCUT2D eigenvalue weighted by molar-refractivity contribution is -0.121. The second kappa shape index (κ2) is 8.38. The Bertz CT molecular complexity index is 494. The molecule has 1 fully saturated rings. The highest BCUT2D eigenvalue weighted by atomic mass is 16.5. The van der Waals surface area contributed by atoms with E-state index in [1.54, 1.807) is 31.4 Å². The molecule has 0 aliphatic carbocycles. The lowest BCUT2D eigenvalue weighted by Gasteiger charge is -2.18. The third kappa shape index (κ3) is 5.37. The molecule has 1 aromatic carbocycles. The van der Waals surface area contributed by atoms with E-state index in [0.717, 1.165) is 25.9 Å². The van der Waals surface area contributed by atoms with Crippen molar-refractivity contribution in [3.05, 3.63) is 24.3 Å². The van der Waals surface area contributed by atoms with Gasteiger partial charge in [0.05, 0.1) is 13.7 Å². The molecular weight excluding hydrogens is 282 g/mol. The number of methoxy groups -OCH3 is 1. The Morgan fingerprint density at radius 1 is 1.09 bits per heavy atom. The Morgan fingerprint density at radius 2 is 1.73 bits per heavy atom. The van der Waals surface area contributed by atoms with E-state index in [-0.39, 0.29) is 12.5 Å². The lowest BCUT2D eigenvalue weighted by Crippen LogP contribution is -2.42. The maximum Gasteiger partial charge on any atom is 0.325 e. The molecule has 0 unspecified atom stereocenters. The van der Waals surface area contributed by atoms with Gasteiger partial charge in [0, 0.05) is 5.69 Å². The van der Waals surface area contributed by atoms with Crippen LogP contribution < -0.4 is 15.4 Å². The highest BCUT2D eigenvalue weighted by Gasteiger charge is 2.14. The van der Waals surface area contributed by atoms with E-state index >= 15 is 0 Å². The van der Waals surface area contributed by atoms with E-state index < -0.39 is 6.03 Å². The number of nitrogens with one attached hydrogen (secondary N) is 2. The molecule has 0 atom stereocenters. The summed E-state index contributed by atoms with van der Waals surface area (Å²) in [6.45, 7) is 2.12. The first kappa shape index (κ1) is 16.3. The second-order valence-corrected chi connectivity index (χ2v) is 5.42. The number of anilines is 1. The first-order chi connectivity index (χ1) is 10.7. The van der Waals surface area contributed by atoms with Crippen LogP contribution in [0.5, 0.6) is 5.75 Å². The quantitative estimate of drug-likeness (QED) is 0.895. The Labute approximate surface area is 130 Å². The third-order valence-corrected chi connectivity index (χ3v) is 3.67. The number of hydrogen-bond donors (Lipinski definition) is 2. The van der Waals surface area contributed by atoms with E-state index in [0.29, 0.717) is 11.4 Å². The van der Waals surface area contributed by atoms with Gasteiger partial charge in [-0.05, 0) is 50.2 Å². The Kier molecular flexibility index (Phi) is 6.21. The van der Waals surface area contributed by atoms with Crippen LogP contribution in [-0.4, -0.2) is 43.6 Å². The maximum absolute atomic E-state index is 11.9. The number of benzene rings is 1. The number of carbonyl (C=O) groups is 2.